The van der Waals surface area contributed by atoms with Crippen molar-refractivity contribution in [3.8, 4) is 0 Å². The first-order valence-electron chi connectivity index (χ1n) is 11.3. The predicted octanol–water partition coefficient (Wildman–Crippen LogP) is 5.25. The molecule has 0 bridgehead atoms. The number of hydrogen-bond acceptors (Lipinski definition) is 2. The molecule has 0 aromatic heterocycles. The highest BCUT2D eigenvalue weighted by Crippen LogP contribution is 2.21. The van der Waals surface area contributed by atoms with E-state index < -0.39 is 6.04 Å². The van der Waals surface area contributed by atoms with Gasteiger partial charge < -0.3 is 10.2 Å². The quantitative estimate of drug-likeness (QED) is 0.474. The number of amides is 2. The Morgan fingerprint density at radius 3 is 2.41 bits per heavy atom. The van der Waals surface area contributed by atoms with Crippen molar-refractivity contribution in [1.29, 1.82) is 0 Å². The van der Waals surface area contributed by atoms with Crippen LogP contribution in [-0.4, -0.2) is 29.3 Å². The smallest absolute Gasteiger partial charge is 0.242 e. The fourth-order valence-corrected chi connectivity index (χ4v) is 3.97. The zero-order chi connectivity index (χ0) is 22.9. The molecule has 1 N–H and O–H groups in total. The second-order valence-corrected chi connectivity index (χ2v) is 8.00. The molecule has 4 nitrogen and oxygen atoms in total. The van der Waals surface area contributed by atoms with Crippen molar-refractivity contribution in [3.63, 3.8) is 0 Å². The Hall–Kier alpha value is -3.21. The fourth-order valence-electron chi connectivity index (χ4n) is 3.97. The average molecular weight is 435 g/mol. The van der Waals surface area contributed by atoms with Crippen LogP contribution in [0.25, 0.3) is 10.8 Å². The second-order valence-electron chi connectivity index (χ2n) is 8.00. The van der Waals surface area contributed by atoms with Crippen LogP contribution in [0.4, 0.5) is 4.39 Å². The van der Waals surface area contributed by atoms with Crippen molar-refractivity contribution in [2.75, 3.05) is 6.54 Å². The first-order valence-corrected chi connectivity index (χ1v) is 11.3. The highest BCUT2D eigenvalue weighted by molar-refractivity contribution is 5.89. The molecule has 3 aromatic carbocycles. The number of carbonyl (C=O) groups excluding carboxylic acids is 2. The van der Waals surface area contributed by atoms with Crippen LogP contribution in [0.15, 0.2) is 66.7 Å². The molecule has 168 valence electrons. The van der Waals surface area contributed by atoms with Gasteiger partial charge in [0.15, 0.2) is 0 Å². The molecular weight excluding hydrogens is 403 g/mol. The molecule has 0 fully saturated rings. The van der Waals surface area contributed by atoms with E-state index >= 15 is 0 Å². The zero-order valence-electron chi connectivity index (χ0n) is 18.8. The summed E-state index contributed by atoms with van der Waals surface area (Å²) in [6, 6.07) is 19.8. The van der Waals surface area contributed by atoms with E-state index in [-0.39, 0.29) is 24.2 Å². The lowest BCUT2D eigenvalue weighted by Crippen LogP contribution is -2.49. The topological polar surface area (TPSA) is 49.4 Å². The summed E-state index contributed by atoms with van der Waals surface area (Å²) in [6.45, 7) is 4.75. The lowest BCUT2D eigenvalue weighted by Gasteiger charge is -2.31. The molecule has 0 unspecified atom stereocenters. The van der Waals surface area contributed by atoms with Gasteiger partial charge in [-0.05, 0) is 53.3 Å². The van der Waals surface area contributed by atoms with Gasteiger partial charge in [-0.3, -0.25) is 9.59 Å². The molecule has 2 amide bonds. The Morgan fingerprint density at radius 2 is 1.69 bits per heavy atom. The standard InChI is InChI=1S/C27H31FN2O2/c1-3-18-29-27(32)25(4-2)30(19-20-12-15-23(28)16-13-20)26(31)17-14-22-10-7-9-21-8-5-6-11-24(21)22/h5-13,15-16,25H,3-4,14,17-19H2,1-2H3,(H,29,32)/t25-/m0/s1. The maximum atomic E-state index is 13.4. The number of hydrogen-bond donors (Lipinski definition) is 1. The Bertz CT molecular complexity index is 1040. The van der Waals surface area contributed by atoms with Crippen molar-refractivity contribution < 1.29 is 14.0 Å². The highest BCUT2D eigenvalue weighted by atomic mass is 19.1. The lowest BCUT2D eigenvalue weighted by molar-refractivity contribution is -0.141. The minimum absolute atomic E-state index is 0.0826. The molecular formula is C27H31FN2O2. The fraction of sp³-hybridized carbons (Fsp3) is 0.333. The van der Waals surface area contributed by atoms with E-state index in [9.17, 15) is 14.0 Å². The van der Waals surface area contributed by atoms with E-state index in [0.29, 0.717) is 25.8 Å². The number of rotatable bonds is 10. The van der Waals surface area contributed by atoms with Crippen molar-refractivity contribution in [3.05, 3.63) is 83.7 Å². The molecule has 0 saturated heterocycles. The van der Waals surface area contributed by atoms with Gasteiger partial charge in [0.25, 0.3) is 0 Å². The Balaban J connectivity index is 1.81. The molecule has 3 rings (SSSR count). The molecule has 0 heterocycles. The monoisotopic (exact) mass is 434 g/mol. The molecule has 0 saturated carbocycles. The van der Waals surface area contributed by atoms with Crippen LogP contribution in [0.2, 0.25) is 0 Å². The Labute approximate surface area is 189 Å². The number of halogens is 1. The predicted molar refractivity (Wildman–Crippen MR) is 127 cm³/mol. The van der Waals surface area contributed by atoms with Crippen LogP contribution in [0.5, 0.6) is 0 Å². The van der Waals surface area contributed by atoms with E-state index in [1.165, 1.54) is 12.1 Å². The second kappa shape index (κ2) is 11.4. The molecule has 0 aliphatic heterocycles. The zero-order valence-corrected chi connectivity index (χ0v) is 18.8. The van der Waals surface area contributed by atoms with E-state index in [0.717, 1.165) is 28.3 Å². The average Bonchev–Trinajstić information content (AvgIpc) is 2.82. The molecule has 3 aromatic rings. The number of aryl methyl sites for hydroxylation is 1. The number of nitrogens with one attached hydrogen (secondary N) is 1. The van der Waals surface area contributed by atoms with E-state index in [1.54, 1.807) is 17.0 Å². The summed E-state index contributed by atoms with van der Waals surface area (Å²) in [7, 11) is 0. The summed E-state index contributed by atoms with van der Waals surface area (Å²) < 4.78 is 13.4. The number of fused-ring (bicyclic) bond motifs is 1. The third kappa shape index (κ3) is 5.94. The van der Waals surface area contributed by atoms with Gasteiger partial charge in [0.2, 0.25) is 11.8 Å². The largest absolute Gasteiger partial charge is 0.354 e. The number of carbonyl (C=O) groups is 2. The molecule has 0 aliphatic rings. The summed E-state index contributed by atoms with van der Waals surface area (Å²) >= 11 is 0. The Kier molecular flexibility index (Phi) is 8.37. The summed E-state index contributed by atoms with van der Waals surface area (Å²) in [5.41, 5.74) is 1.91. The van der Waals surface area contributed by atoms with Crippen LogP contribution in [0, 0.1) is 5.82 Å². The van der Waals surface area contributed by atoms with Gasteiger partial charge in [-0.1, -0.05) is 68.4 Å². The molecule has 0 aliphatic carbocycles. The van der Waals surface area contributed by atoms with E-state index in [1.807, 2.05) is 38.1 Å². The Morgan fingerprint density at radius 1 is 0.969 bits per heavy atom. The first-order chi connectivity index (χ1) is 15.5. The van der Waals surface area contributed by atoms with Gasteiger partial charge in [-0.25, -0.2) is 4.39 Å². The maximum absolute atomic E-state index is 13.4. The van der Waals surface area contributed by atoms with Gasteiger partial charge in [0.1, 0.15) is 11.9 Å². The van der Waals surface area contributed by atoms with Crippen LogP contribution in [0.1, 0.15) is 44.2 Å². The van der Waals surface area contributed by atoms with Crippen molar-refractivity contribution in [1.82, 2.24) is 10.2 Å². The van der Waals surface area contributed by atoms with Gasteiger partial charge in [-0.15, -0.1) is 0 Å². The van der Waals surface area contributed by atoms with Gasteiger partial charge >= 0.3 is 0 Å². The first kappa shape index (κ1) is 23.5. The van der Waals surface area contributed by atoms with Gasteiger partial charge in [0, 0.05) is 19.5 Å². The molecule has 0 radical (unpaired) electrons. The summed E-state index contributed by atoms with van der Waals surface area (Å²) in [5, 5.41) is 5.20. The highest BCUT2D eigenvalue weighted by Gasteiger charge is 2.28. The summed E-state index contributed by atoms with van der Waals surface area (Å²) in [5.74, 6) is -0.550. The van der Waals surface area contributed by atoms with Crippen molar-refractivity contribution >= 4 is 22.6 Å². The third-order valence-corrected chi connectivity index (χ3v) is 5.69. The minimum atomic E-state index is -0.563. The molecule has 32 heavy (non-hydrogen) atoms. The summed E-state index contributed by atoms with van der Waals surface area (Å²) in [4.78, 5) is 27.8. The van der Waals surface area contributed by atoms with Crippen LogP contribution >= 0.6 is 0 Å². The van der Waals surface area contributed by atoms with E-state index in [2.05, 4.69) is 23.5 Å². The molecule has 1 atom stereocenters. The minimum Gasteiger partial charge on any atom is -0.354 e. The van der Waals surface area contributed by atoms with Crippen LogP contribution in [0.3, 0.4) is 0 Å². The van der Waals surface area contributed by atoms with Crippen LogP contribution < -0.4 is 5.32 Å². The SMILES string of the molecule is CCCNC(=O)[C@H](CC)N(Cc1ccc(F)cc1)C(=O)CCc1cccc2ccccc12. The van der Waals surface area contributed by atoms with Crippen LogP contribution in [-0.2, 0) is 22.6 Å². The number of nitrogens with zero attached hydrogens (tertiary/aromatic N) is 1. The van der Waals surface area contributed by atoms with Gasteiger partial charge in [-0.2, -0.15) is 0 Å². The normalized spacial score (nSPS) is 11.8. The summed E-state index contributed by atoms with van der Waals surface area (Å²) in [6.07, 6.45) is 2.23. The van der Waals surface area contributed by atoms with Gasteiger partial charge in [0.05, 0.1) is 0 Å². The molecule has 0 spiro atoms. The van der Waals surface area contributed by atoms with E-state index in [4.69, 9.17) is 0 Å². The molecule has 5 heteroatoms. The van der Waals surface area contributed by atoms with Crippen molar-refractivity contribution in [2.24, 2.45) is 0 Å². The van der Waals surface area contributed by atoms with Crippen molar-refractivity contribution in [2.45, 2.75) is 52.1 Å². The maximum Gasteiger partial charge on any atom is 0.242 e. The third-order valence-electron chi connectivity index (χ3n) is 5.69. The lowest BCUT2D eigenvalue weighted by atomic mass is 10.00. The number of benzene rings is 3.